The number of carbonyl (C=O) groups is 1. The van der Waals surface area contributed by atoms with Crippen LogP contribution >= 0.6 is 0 Å². The van der Waals surface area contributed by atoms with Crippen molar-refractivity contribution in [1.29, 1.82) is 0 Å². The standard InChI is InChI=1S/C22H33N3O2/c1-15-6-20(16(2)25(15)4-5-27-3)14-23-24-21(26)13-22-10-17-7-18(11-22)9-19(8-17)12-22/h6,14,17-19H,4-5,7-13H2,1-3H3,(H,24,26). The molecule has 1 N–H and O–H groups in total. The number of carbonyl (C=O) groups excluding carboxylic acids is 1. The number of amides is 1. The molecule has 4 bridgehead atoms. The van der Waals surface area contributed by atoms with E-state index >= 15 is 0 Å². The SMILES string of the molecule is COCCn1c(C)cc(C=NNC(=O)CC23CC4CC(CC(C4)C2)C3)c1C. The minimum atomic E-state index is 0.0846. The quantitative estimate of drug-likeness (QED) is 0.585. The van der Waals surface area contributed by atoms with Gasteiger partial charge in [-0.15, -0.1) is 0 Å². The van der Waals surface area contributed by atoms with Gasteiger partial charge in [0.1, 0.15) is 0 Å². The summed E-state index contributed by atoms with van der Waals surface area (Å²) in [5.74, 6) is 2.72. The van der Waals surface area contributed by atoms with Crippen molar-refractivity contribution in [3.8, 4) is 0 Å². The van der Waals surface area contributed by atoms with Gasteiger partial charge in [0.25, 0.3) is 0 Å². The number of aromatic nitrogens is 1. The number of methoxy groups -OCH3 is 1. The maximum absolute atomic E-state index is 12.6. The minimum absolute atomic E-state index is 0.0846. The van der Waals surface area contributed by atoms with Gasteiger partial charge < -0.3 is 9.30 Å². The van der Waals surface area contributed by atoms with E-state index in [9.17, 15) is 4.79 Å². The van der Waals surface area contributed by atoms with E-state index in [2.05, 4.69) is 35.0 Å². The molecule has 0 aliphatic heterocycles. The molecular formula is C22H33N3O2. The van der Waals surface area contributed by atoms with Crippen LogP contribution in [0.25, 0.3) is 0 Å². The second-order valence-electron chi connectivity index (χ2n) is 9.36. The third kappa shape index (κ3) is 3.84. The summed E-state index contributed by atoms with van der Waals surface area (Å²) in [4.78, 5) is 12.6. The van der Waals surface area contributed by atoms with E-state index in [4.69, 9.17) is 4.74 Å². The molecule has 4 aliphatic carbocycles. The van der Waals surface area contributed by atoms with Crippen LogP contribution in [0.1, 0.15) is 61.9 Å². The second kappa shape index (κ2) is 7.42. The summed E-state index contributed by atoms with van der Waals surface area (Å²) in [6.07, 6.45) is 10.5. The van der Waals surface area contributed by atoms with Gasteiger partial charge in [-0.25, -0.2) is 5.43 Å². The van der Waals surface area contributed by atoms with Crippen molar-refractivity contribution in [3.63, 3.8) is 0 Å². The van der Waals surface area contributed by atoms with Crippen molar-refractivity contribution < 1.29 is 9.53 Å². The first-order valence-corrected chi connectivity index (χ1v) is 10.5. The topological polar surface area (TPSA) is 55.6 Å². The number of nitrogens with one attached hydrogen (secondary N) is 1. The average molecular weight is 372 g/mol. The number of aryl methyl sites for hydroxylation is 1. The van der Waals surface area contributed by atoms with Gasteiger partial charge in [0.15, 0.2) is 0 Å². The van der Waals surface area contributed by atoms with Crippen LogP contribution in [-0.2, 0) is 16.1 Å². The fourth-order valence-electron chi connectivity index (χ4n) is 6.55. The van der Waals surface area contributed by atoms with Crippen LogP contribution in [0.2, 0.25) is 0 Å². The highest BCUT2D eigenvalue weighted by Gasteiger charge is 2.51. The molecule has 1 aromatic rings. The Bertz CT molecular complexity index is 699. The molecule has 27 heavy (non-hydrogen) atoms. The molecule has 4 aliphatic rings. The van der Waals surface area contributed by atoms with E-state index in [0.29, 0.717) is 13.0 Å². The number of ether oxygens (including phenoxy) is 1. The Labute approximate surface area is 162 Å². The Hall–Kier alpha value is -1.62. The Kier molecular flexibility index (Phi) is 5.15. The Balaban J connectivity index is 1.34. The summed E-state index contributed by atoms with van der Waals surface area (Å²) in [6.45, 7) is 5.70. The lowest BCUT2D eigenvalue weighted by Gasteiger charge is -2.56. The maximum Gasteiger partial charge on any atom is 0.240 e. The first-order valence-electron chi connectivity index (χ1n) is 10.5. The smallest absolute Gasteiger partial charge is 0.240 e. The van der Waals surface area contributed by atoms with Gasteiger partial charge >= 0.3 is 0 Å². The highest BCUT2D eigenvalue weighted by molar-refractivity contribution is 5.84. The summed E-state index contributed by atoms with van der Waals surface area (Å²) in [5.41, 5.74) is 6.47. The van der Waals surface area contributed by atoms with E-state index in [-0.39, 0.29) is 11.3 Å². The van der Waals surface area contributed by atoms with Crippen molar-refractivity contribution in [1.82, 2.24) is 9.99 Å². The van der Waals surface area contributed by atoms with Gasteiger partial charge in [0.05, 0.1) is 12.8 Å². The molecule has 0 atom stereocenters. The van der Waals surface area contributed by atoms with Gasteiger partial charge in [-0.3, -0.25) is 4.79 Å². The molecule has 148 valence electrons. The Morgan fingerprint density at radius 3 is 2.48 bits per heavy atom. The van der Waals surface area contributed by atoms with Gasteiger partial charge in [-0.2, -0.15) is 5.10 Å². The minimum Gasteiger partial charge on any atom is -0.383 e. The van der Waals surface area contributed by atoms with E-state index < -0.39 is 0 Å². The molecule has 0 spiro atoms. The molecule has 5 rings (SSSR count). The van der Waals surface area contributed by atoms with Crippen LogP contribution in [0.15, 0.2) is 11.2 Å². The molecule has 0 radical (unpaired) electrons. The summed E-state index contributed by atoms with van der Waals surface area (Å²) >= 11 is 0. The van der Waals surface area contributed by atoms with E-state index in [0.717, 1.165) is 35.6 Å². The maximum atomic E-state index is 12.6. The number of rotatable bonds is 7. The van der Waals surface area contributed by atoms with Crippen molar-refractivity contribution >= 4 is 12.1 Å². The lowest BCUT2D eigenvalue weighted by molar-refractivity contribution is -0.129. The van der Waals surface area contributed by atoms with Crippen molar-refractivity contribution in [3.05, 3.63) is 23.0 Å². The highest BCUT2D eigenvalue weighted by Crippen LogP contribution is 2.61. The van der Waals surface area contributed by atoms with Crippen LogP contribution in [0.4, 0.5) is 0 Å². The molecule has 0 saturated heterocycles. The third-order valence-electron chi connectivity index (χ3n) is 7.23. The van der Waals surface area contributed by atoms with Crippen molar-refractivity contribution in [2.45, 2.75) is 65.3 Å². The molecule has 5 nitrogen and oxygen atoms in total. The summed E-state index contributed by atoms with van der Waals surface area (Å²) < 4.78 is 7.41. The summed E-state index contributed by atoms with van der Waals surface area (Å²) in [6, 6.07) is 2.11. The zero-order valence-corrected chi connectivity index (χ0v) is 17.0. The van der Waals surface area contributed by atoms with Crippen LogP contribution in [0.5, 0.6) is 0 Å². The Morgan fingerprint density at radius 2 is 1.89 bits per heavy atom. The average Bonchev–Trinajstić information content (AvgIpc) is 2.85. The third-order valence-corrected chi connectivity index (χ3v) is 7.23. The molecule has 0 unspecified atom stereocenters. The van der Waals surface area contributed by atoms with Gasteiger partial charge in [-0.1, -0.05) is 0 Å². The lowest BCUT2D eigenvalue weighted by atomic mass is 9.49. The van der Waals surface area contributed by atoms with Crippen molar-refractivity contribution in [2.75, 3.05) is 13.7 Å². The largest absolute Gasteiger partial charge is 0.383 e. The fourth-order valence-corrected chi connectivity index (χ4v) is 6.55. The van der Waals surface area contributed by atoms with E-state index in [1.807, 2.05) is 0 Å². The molecule has 4 saturated carbocycles. The molecule has 1 aromatic heterocycles. The van der Waals surface area contributed by atoms with Crippen LogP contribution in [0, 0.1) is 37.0 Å². The molecule has 5 heteroatoms. The van der Waals surface area contributed by atoms with E-state index in [1.165, 1.54) is 44.2 Å². The van der Waals surface area contributed by atoms with Crippen LogP contribution in [0.3, 0.4) is 0 Å². The predicted octanol–water partition coefficient (Wildman–Crippen LogP) is 3.81. The summed E-state index contributed by atoms with van der Waals surface area (Å²) in [7, 11) is 1.72. The molecule has 4 fully saturated rings. The first-order chi connectivity index (χ1) is 13.0. The number of nitrogens with zero attached hydrogens (tertiary/aromatic N) is 2. The van der Waals surface area contributed by atoms with Crippen LogP contribution in [-0.4, -0.2) is 30.4 Å². The molecule has 1 heterocycles. The molecule has 1 amide bonds. The fraction of sp³-hybridized carbons (Fsp3) is 0.727. The zero-order chi connectivity index (χ0) is 19.0. The molecule has 0 aromatic carbocycles. The van der Waals surface area contributed by atoms with Gasteiger partial charge in [0, 0.05) is 37.0 Å². The normalized spacial score (nSPS) is 31.7. The first kappa shape index (κ1) is 18.7. The summed E-state index contributed by atoms with van der Waals surface area (Å²) in [5, 5.41) is 4.27. The lowest BCUT2D eigenvalue weighted by Crippen LogP contribution is -2.47. The highest BCUT2D eigenvalue weighted by atomic mass is 16.5. The Morgan fingerprint density at radius 1 is 1.26 bits per heavy atom. The van der Waals surface area contributed by atoms with Crippen LogP contribution < -0.4 is 5.43 Å². The second-order valence-corrected chi connectivity index (χ2v) is 9.36. The van der Waals surface area contributed by atoms with E-state index in [1.54, 1.807) is 13.3 Å². The monoisotopic (exact) mass is 371 g/mol. The number of hydrogen-bond donors (Lipinski definition) is 1. The van der Waals surface area contributed by atoms with Crippen molar-refractivity contribution in [2.24, 2.45) is 28.3 Å². The predicted molar refractivity (Wildman–Crippen MR) is 107 cm³/mol. The number of hydrogen-bond acceptors (Lipinski definition) is 3. The van der Waals surface area contributed by atoms with Gasteiger partial charge in [-0.05, 0) is 81.6 Å². The van der Waals surface area contributed by atoms with Gasteiger partial charge in [0.2, 0.25) is 5.91 Å². The zero-order valence-electron chi connectivity index (χ0n) is 17.0. The number of hydrazone groups is 1. The molecular weight excluding hydrogens is 338 g/mol.